The van der Waals surface area contributed by atoms with Crippen LogP contribution in [0.1, 0.15) is 25.7 Å². The van der Waals surface area contributed by atoms with E-state index in [0.717, 1.165) is 0 Å². The summed E-state index contributed by atoms with van der Waals surface area (Å²) in [6.07, 6.45) is 0.193. The average Bonchev–Trinajstić information content (AvgIpc) is 2.66. The van der Waals surface area contributed by atoms with Crippen LogP contribution >= 0.6 is 0 Å². The maximum Gasteiger partial charge on any atom is 0.307 e. The predicted octanol–water partition coefficient (Wildman–Crippen LogP) is -1.77. The first-order valence-electron chi connectivity index (χ1n) is 9.14. The fraction of sp³-hybridized carbons (Fsp3) is 0.765. The van der Waals surface area contributed by atoms with Crippen molar-refractivity contribution in [2.75, 3.05) is 52.6 Å². The van der Waals surface area contributed by atoms with Crippen LogP contribution in [0.2, 0.25) is 0 Å². The normalized spacial score (nSPS) is 18.1. The van der Waals surface area contributed by atoms with Gasteiger partial charge in [-0.25, -0.2) is 0 Å². The van der Waals surface area contributed by atoms with E-state index in [9.17, 15) is 19.2 Å². The molecule has 0 unspecified atom stereocenters. The van der Waals surface area contributed by atoms with Gasteiger partial charge in [-0.3, -0.25) is 19.2 Å². The molecule has 1 heterocycles. The largest absolute Gasteiger partial charge is 0.465 e. The Morgan fingerprint density at radius 1 is 0.893 bits per heavy atom. The Morgan fingerprint density at radius 3 is 1.71 bits per heavy atom. The Labute approximate surface area is 163 Å². The van der Waals surface area contributed by atoms with Crippen molar-refractivity contribution in [3.8, 4) is 0 Å². The van der Waals surface area contributed by atoms with E-state index < -0.39 is 29.3 Å². The summed E-state index contributed by atoms with van der Waals surface area (Å²) >= 11 is 0. The third-order valence-electron chi connectivity index (χ3n) is 3.87. The number of rotatable bonds is 8. The summed E-state index contributed by atoms with van der Waals surface area (Å²) in [7, 11) is 0. The summed E-state index contributed by atoms with van der Waals surface area (Å²) in [6, 6.07) is 0. The zero-order valence-electron chi connectivity index (χ0n) is 15.9. The van der Waals surface area contributed by atoms with E-state index in [1.807, 2.05) is 0 Å². The molecule has 0 atom stereocenters. The summed E-state index contributed by atoms with van der Waals surface area (Å²) < 4.78 is 20.9. The van der Waals surface area contributed by atoms with Gasteiger partial charge in [0.2, 0.25) is 0 Å². The quantitative estimate of drug-likeness (QED) is 0.309. The second-order valence-corrected chi connectivity index (χ2v) is 6.47. The number of nitrogens with two attached hydrogens (primary N) is 2. The van der Waals surface area contributed by atoms with Crippen LogP contribution in [0.5, 0.6) is 0 Å². The predicted molar refractivity (Wildman–Crippen MR) is 95.7 cm³/mol. The Morgan fingerprint density at radius 2 is 1.32 bits per heavy atom. The Hall–Kier alpha value is -2.24. The highest BCUT2D eigenvalue weighted by Gasteiger charge is 2.38. The zero-order valence-corrected chi connectivity index (χ0v) is 15.9. The number of hydrogen-bond donors (Lipinski definition) is 3. The Kier molecular flexibility index (Phi) is 11.1. The number of cyclic esters (lactones) is 2. The molecule has 1 saturated heterocycles. The van der Waals surface area contributed by atoms with Crippen molar-refractivity contribution < 1.29 is 38.1 Å². The van der Waals surface area contributed by atoms with Crippen LogP contribution in [0.25, 0.3) is 0 Å². The molecule has 0 aromatic rings. The highest BCUT2D eigenvalue weighted by Crippen LogP contribution is 2.22. The summed E-state index contributed by atoms with van der Waals surface area (Å²) in [6.45, 7) is -0.175. The number of ether oxygens (including phenoxy) is 4. The van der Waals surface area contributed by atoms with Gasteiger partial charge >= 0.3 is 23.9 Å². The van der Waals surface area contributed by atoms with Crippen LogP contribution in [-0.2, 0) is 38.1 Å². The molecule has 0 aliphatic carbocycles. The molecule has 1 aliphatic heterocycles. The fourth-order valence-corrected chi connectivity index (χ4v) is 2.21. The first-order valence-corrected chi connectivity index (χ1v) is 9.14. The molecule has 28 heavy (non-hydrogen) atoms. The second-order valence-electron chi connectivity index (χ2n) is 6.47. The maximum absolute atomic E-state index is 11.9. The number of esters is 4. The molecular weight excluding hydrogens is 374 g/mol. The lowest BCUT2D eigenvalue weighted by Crippen LogP contribution is -2.44. The molecule has 0 radical (unpaired) electrons. The van der Waals surface area contributed by atoms with Gasteiger partial charge in [-0.1, -0.05) is 0 Å². The van der Waals surface area contributed by atoms with Crippen molar-refractivity contribution in [2.24, 2.45) is 16.9 Å². The van der Waals surface area contributed by atoms with Gasteiger partial charge in [0.15, 0.2) is 0 Å². The lowest BCUT2D eigenvalue weighted by atomic mass is 9.92. The van der Waals surface area contributed by atoms with E-state index in [4.69, 9.17) is 30.4 Å². The van der Waals surface area contributed by atoms with E-state index in [0.29, 0.717) is 13.1 Å². The van der Waals surface area contributed by atoms with Gasteiger partial charge in [0, 0.05) is 26.2 Å². The highest BCUT2D eigenvalue weighted by atomic mass is 16.6. The van der Waals surface area contributed by atoms with E-state index in [1.54, 1.807) is 0 Å². The molecule has 0 amide bonds. The van der Waals surface area contributed by atoms with Crippen molar-refractivity contribution in [2.45, 2.75) is 25.7 Å². The van der Waals surface area contributed by atoms with E-state index >= 15 is 0 Å². The van der Waals surface area contributed by atoms with Gasteiger partial charge in [-0.05, 0) is 0 Å². The van der Waals surface area contributed by atoms with Gasteiger partial charge < -0.3 is 35.7 Å². The minimum atomic E-state index is -1.23. The third kappa shape index (κ3) is 9.62. The van der Waals surface area contributed by atoms with Crippen LogP contribution in [0, 0.1) is 5.41 Å². The van der Waals surface area contributed by atoms with Gasteiger partial charge in [0.25, 0.3) is 0 Å². The number of hydrogen-bond acceptors (Lipinski definition) is 11. The summed E-state index contributed by atoms with van der Waals surface area (Å²) in [5.41, 5.74) is 9.43. The lowest BCUT2D eigenvalue weighted by Gasteiger charge is -2.31. The van der Waals surface area contributed by atoms with Crippen molar-refractivity contribution >= 4 is 23.9 Å². The van der Waals surface area contributed by atoms with Crippen LogP contribution in [0.3, 0.4) is 0 Å². The van der Waals surface area contributed by atoms with Crippen molar-refractivity contribution in [1.29, 1.82) is 0 Å². The first kappa shape index (κ1) is 23.8. The number of carbonyl (C=O) groups excluding carboxylic acids is 4. The SMILES string of the molecule is NCCC(=O)OCC1(COC(=O)CCN)COC(=O)CCNCCC(=O)OC1. The minimum absolute atomic E-state index is 0.00567. The van der Waals surface area contributed by atoms with Gasteiger partial charge in [-0.15, -0.1) is 0 Å². The molecule has 5 N–H and O–H groups in total. The summed E-state index contributed by atoms with van der Waals surface area (Å²) in [5, 5.41) is 2.93. The monoisotopic (exact) mass is 403 g/mol. The zero-order chi connectivity index (χ0) is 20.8. The molecule has 1 aliphatic rings. The molecule has 0 aromatic heterocycles. The smallest absolute Gasteiger partial charge is 0.307 e. The Bertz CT molecular complexity index is 487. The van der Waals surface area contributed by atoms with E-state index in [1.165, 1.54) is 0 Å². The molecular formula is C17H29N3O8. The van der Waals surface area contributed by atoms with E-state index in [2.05, 4.69) is 5.32 Å². The average molecular weight is 403 g/mol. The van der Waals surface area contributed by atoms with Crippen molar-refractivity contribution in [3.05, 3.63) is 0 Å². The molecule has 0 bridgehead atoms. The molecule has 1 rings (SSSR count). The second kappa shape index (κ2) is 13.0. The van der Waals surface area contributed by atoms with Crippen LogP contribution in [0.15, 0.2) is 0 Å². The first-order chi connectivity index (χ1) is 13.4. The minimum Gasteiger partial charge on any atom is -0.465 e. The Balaban J connectivity index is 2.92. The fourth-order valence-electron chi connectivity index (χ4n) is 2.21. The van der Waals surface area contributed by atoms with Gasteiger partial charge in [-0.2, -0.15) is 0 Å². The molecule has 11 nitrogen and oxygen atoms in total. The molecule has 11 heteroatoms. The van der Waals surface area contributed by atoms with E-state index in [-0.39, 0.29) is 65.2 Å². The van der Waals surface area contributed by atoms with Gasteiger partial charge in [0.1, 0.15) is 31.8 Å². The molecule has 160 valence electrons. The molecule has 0 aromatic carbocycles. The summed E-state index contributed by atoms with van der Waals surface area (Å²) in [5.74, 6) is -2.10. The molecule has 0 saturated carbocycles. The molecule has 1 fully saturated rings. The van der Waals surface area contributed by atoms with Gasteiger partial charge in [0.05, 0.1) is 25.7 Å². The van der Waals surface area contributed by atoms with Crippen molar-refractivity contribution in [3.63, 3.8) is 0 Å². The maximum atomic E-state index is 11.9. The topological polar surface area (TPSA) is 169 Å². The third-order valence-corrected chi connectivity index (χ3v) is 3.87. The van der Waals surface area contributed by atoms with Crippen LogP contribution < -0.4 is 16.8 Å². The highest BCUT2D eigenvalue weighted by molar-refractivity contribution is 5.71. The summed E-state index contributed by atoms with van der Waals surface area (Å²) in [4.78, 5) is 47.3. The standard InChI is InChI=1S/C17H29N3O8/c18-5-1-13(21)25-9-17(10-26-14(22)2-6-19)11-27-15(23)3-7-20-8-4-16(24)28-12-17/h20H,1-12,18-19H2. The van der Waals surface area contributed by atoms with Crippen LogP contribution in [-0.4, -0.2) is 76.5 Å². The van der Waals surface area contributed by atoms with Crippen molar-refractivity contribution in [1.82, 2.24) is 5.32 Å². The number of nitrogens with one attached hydrogen (secondary N) is 1. The number of carbonyl (C=O) groups is 4. The molecule has 0 spiro atoms. The lowest BCUT2D eigenvalue weighted by molar-refractivity contribution is -0.170. The van der Waals surface area contributed by atoms with Crippen LogP contribution in [0.4, 0.5) is 0 Å².